The van der Waals surface area contributed by atoms with Crippen LogP contribution in [0.1, 0.15) is 44.1 Å². The summed E-state index contributed by atoms with van der Waals surface area (Å²) < 4.78 is 0.984. The molecule has 1 aliphatic rings. The van der Waals surface area contributed by atoms with Gasteiger partial charge in [0, 0.05) is 11.0 Å². The van der Waals surface area contributed by atoms with Gasteiger partial charge < -0.3 is 16.2 Å². The fourth-order valence-electron chi connectivity index (χ4n) is 3.41. The van der Waals surface area contributed by atoms with E-state index < -0.39 is 12.0 Å². The number of rotatable bonds is 7. The van der Waals surface area contributed by atoms with Gasteiger partial charge in [0.2, 0.25) is 5.91 Å². The summed E-state index contributed by atoms with van der Waals surface area (Å²) in [5.74, 6) is -1.02. The average Bonchev–Trinajstić information content (AvgIpc) is 2.55. The summed E-state index contributed by atoms with van der Waals surface area (Å²) in [6.45, 7) is 0.395. The van der Waals surface area contributed by atoms with Crippen molar-refractivity contribution in [1.82, 2.24) is 5.32 Å². The molecular weight excluding hydrogens is 372 g/mol. The molecule has 24 heavy (non-hydrogen) atoms. The minimum Gasteiger partial charge on any atom is -0.481 e. The van der Waals surface area contributed by atoms with Gasteiger partial charge >= 0.3 is 5.97 Å². The molecule has 0 heterocycles. The Morgan fingerprint density at radius 1 is 1.21 bits per heavy atom. The number of aliphatic carboxylic acids is 1. The number of halogens is 1. The van der Waals surface area contributed by atoms with Crippen LogP contribution < -0.4 is 11.1 Å². The van der Waals surface area contributed by atoms with Gasteiger partial charge in [-0.3, -0.25) is 9.59 Å². The van der Waals surface area contributed by atoms with E-state index in [1.807, 2.05) is 24.3 Å². The summed E-state index contributed by atoms with van der Waals surface area (Å²) in [4.78, 5) is 23.5. The molecule has 6 heteroatoms. The third-order valence-electron chi connectivity index (χ3n) is 4.78. The van der Waals surface area contributed by atoms with Crippen LogP contribution in [0.25, 0.3) is 0 Å². The molecule has 1 aromatic rings. The fraction of sp³-hybridized carbons (Fsp3) is 0.556. The first-order valence-electron chi connectivity index (χ1n) is 8.40. The number of amides is 1. The largest absolute Gasteiger partial charge is 0.481 e. The molecule has 132 valence electrons. The van der Waals surface area contributed by atoms with Crippen molar-refractivity contribution >= 4 is 27.8 Å². The van der Waals surface area contributed by atoms with E-state index >= 15 is 0 Å². The molecule has 2 rings (SSSR count). The number of carboxylic acid groups (broad SMARTS) is 1. The zero-order valence-corrected chi connectivity index (χ0v) is 15.3. The molecule has 1 saturated carbocycles. The monoisotopic (exact) mass is 396 g/mol. The predicted molar refractivity (Wildman–Crippen MR) is 96.6 cm³/mol. The first kappa shape index (κ1) is 18.9. The lowest BCUT2D eigenvalue weighted by Gasteiger charge is -2.36. The second-order valence-electron chi connectivity index (χ2n) is 6.79. The highest BCUT2D eigenvalue weighted by Crippen LogP contribution is 2.38. The van der Waals surface area contributed by atoms with Crippen LogP contribution in [0.15, 0.2) is 28.7 Å². The van der Waals surface area contributed by atoms with E-state index in [-0.39, 0.29) is 17.7 Å². The topological polar surface area (TPSA) is 92.4 Å². The van der Waals surface area contributed by atoms with Gasteiger partial charge in [0.15, 0.2) is 0 Å². The number of carbonyl (C=O) groups excluding carboxylic acids is 1. The van der Waals surface area contributed by atoms with Crippen LogP contribution in [0, 0.1) is 5.41 Å². The number of carboxylic acids is 1. The second kappa shape index (κ2) is 8.62. The highest BCUT2D eigenvalue weighted by atomic mass is 79.9. The molecule has 0 aliphatic heterocycles. The van der Waals surface area contributed by atoms with Crippen LogP contribution in [-0.2, 0) is 16.0 Å². The summed E-state index contributed by atoms with van der Waals surface area (Å²) >= 11 is 3.38. The van der Waals surface area contributed by atoms with Gasteiger partial charge in [-0.1, -0.05) is 47.3 Å². The van der Waals surface area contributed by atoms with E-state index in [1.165, 1.54) is 0 Å². The number of benzene rings is 1. The lowest BCUT2D eigenvalue weighted by atomic mass is 9.71. The summed E-state index contributed by atoms with van der Waals surface area (Å²) in [6.07, 6.45) is 5.45. The van der Waals surface area contributed by atoms with E-state index in [0.717, 1.165) is 42.1 Å². The van der Waals surface area contributed by atoms with Crippen LogP contribution in [-0.4, -0.2) is 29.6 Å². The summed E-state index contributed by atoms with van der Waals surface area (Å²) in [5.41, 5.74) is 6.68. The van der Waals surface area contributed by atoms with Crippen molar-refractivity contribution < 1.29 is 14.7 Å². The Morgan fingerprint density at radius 2 is 1.83 bits per heavy atom. The van der Waals surface area contributed by atoms with Crippen LogP contribution in [0.4, 0.5) is 0 Å². The van der Waals surface area contributed by atoms with Crippen LogP contribution in [0.3, 0.4) is 0 Å². The van der Waals surface area contributed by atoms with E-state index in [9.17, 15) is 14.7 Å². The van der Waals surface area contributed by atoms with E-state index in [1.54, 1.807) is 0 Å². The number of hydrogen-bond donors (Lipinski definition) is 3. The molecule has 0 saturated heterocycles. The summed E-state index contributed by atoms with van der Waals surface area (Å²) in [7, 11) is 0. The maximum Gasteiger partial charge on any atom is 0.303 e. The summed E-state index contributed by atoms with van der Waals surface area (Å²) in [5, 5.41) is 12.1. The molecule has 5 nitrogen and oxygen atoms in total. The molecule has 4 N–H and O–H groups in total. The van der Waals surface area contributed by atoms with Crippen molar-refractivity contribution in [2.45, 2.75) is 51.0 Å². The normalized spacial score (nSPS) is 17.9. The Kier molecular flexibility index (Phi) is 6.80. The Balaban J connectivity index is 1.89. The van der Waals surface area contributed by atoms with Crippen molar-refractivity contribution in [3.05, 3.63) is 34.3 Å². The predicted octanol–water partition coefficient (Wildman–Crippen LogP) is 2.86. The van der Waals surface area contributed by atoms with E-state index in [4.69, 9.17) is 5.73 Å². The third kappa shape index (κ3) is 5.60. The minimum atomic E-state index is -0.801. The molecule has 0 aromatic heterocycles. The molecule has 0 radical (unpaired) electrons. The molecule has 0 spiro atoms. The first-order chi connectivity index (χ1) is 11.4. The molecule has 1 fully saturated rings. The smallest absolute Gasteiger partial charge is 0.303 e. The van der Waals surface area contributed by atoms with E-state index in [0.29, 0.717) is 13.0 Å². The Morgan fingerprint density at radius 3 is 2.42 bits per heavy atom. The Labute approximate surface area is 151 Å². The van der Waals surface area contributed by atoms with Gasteiger partial charge in [-0.15, -0.1) is 0 Å². The van der Waals surface area contributed by atoms with Crippen molar-refractivity contribution in [2.24, 2.45) is 11.1 Å². The van der Waals surface area contributed by atoms with E-state index in [2.05, 4.69) is 21.2 Å². The second-order valence-corrected chi connectivity index (χ2v) is 7.70. The standard InChI is InChI=1S/C18H25BrN2O3/c19-14-6-4-13(5-7-14)10-15(20)17(24)21-12-18(11-16(22)23)8-2-1-3-9-18/h4-7,15H,1-3,8-12,20H2,(H,21,24)(H,22,23)/t15-/m1/s1. The maximum atomic E-state index is 12.3. The molecule has 1 amide bonds. The van der Waals surface area contributed by atoms with Crippen molar-refractivity contribution in [3.8, 4) is 0 Å². The molecule has 1 aromatic carbocycles. The van der Waals surface area contributed by atoms with Gasteiger partial charge in [-0.05, 0) is 42.4 Å². The molecule has 0 bridgehead atoms. The maximum absolute atomic E-state index is 12.3. The molecule has 1 atom stereocenters. The zero-order valence-electron chi connectivity index (χ0n) is 13.8. The van der Waals surface area contributed by atoms with Crippen molar-refractivity contribution in [1.29, 1.82) is 0 Å². The lowest BCUT2D eigenvalue weighted by Crippen LogP contribution is -2.47. The molecule has 1 aliphatic carbocycles. The first-order valence-corrected chi connectivity index (χ1v) is 9.19. The van der Waals surface area contributed by atoms with Gasteiger partial charge in [0.05, 0.1) is 12.5 Å². The zero-order chi connectivity index (χ0) is 17.6. The quantitative estimate of drug-likeness (QED) is 0.660. The van der Waals surface area contributed by atoms with Crippen molar-refractivity contribution in [3.63, 3.8) is 0 Å². The number of carbonyl (C=O) groups is 2. The van der Waals surface area contributed by atoms with Gasteiger partial charge in [0.1, 0.15) is 0 Å². The lowest BCUT2D eigenvalue weighted by molar-refractivity contribution is -0.140. The number of nitrogens with one attached hydrogen (secondary N) is 1. The average molecular weight is 397 g/mol. The van der Waals surface area contributed by atoms with Crippen LogP contribution in [0.5, 0.6) is 0 Å². The van der Waals surface area contributed by atoms with Crippen LogP contribution in [0.2, 0.25) is 0 Å². The van der Waals surface area contributed by atoms with Crippen LogP contribution >= 0.6 is 15.9 Å². The Bertz CT molecular complexity index is 568. The van der Waals surface area contributed by atoms with Gasteiger partial charge in [-0.25, -0.2) is 0 Å². The third-order valence-corrected chi connectivity index (χ3v) is 5.31. The summed E-state index contributed by atoms with van der Waals surface area (Å²) in [6, 6.07) is 7.08. The Hall–Kier alpha value is -1.40. The van der Waals surface area contributed by atoms with Gasteiger partial charge in [-0.2, -0.15) is 0 Å². The fourth-order valence-corrected chi connectivity index (χ4v) is 3.68. The molecule has 0 unspecified atom stereocenters. The highest BCUT2D eigenvalue weighted by Gasteiger charge is 2.35. The molecular formula is C18H25BrN2O3. The number of nitrogens with two attached hydrogens (primary N) is 1. The SMILES string of the molecule is N[C@H](Cc1ccc(Br)cc1)C(=O)NCC1(CC(=O)O)CCCCC1. The highest BCUT2D eigenvalue weighted by molar-refractivity contribution is 9.10. The van der Waals surface area contributed by atoms with Gasteiger partial charge in [0.25, 0.3) is 0 Å². The minimum absolute atomic E-state index is 0.106. The van der Waals surface area contributed by atoms with Crippen molar-refractivity contribution in [2.75, 3.05) is 6.54 Å². The number of hydrogen-bond acceptors (Lipinski definition) is 3.